The fraction of sp³-hybridized carbons (Fsp3) is 0.238. The van der Waals surface area contributed by atoms with Gasteiger partial charge in [-0.2, -0.15) is 5.10 Å². The molecular weight excluding hydrogens is 468 g/mol. The van der Waals surface area contributed by atoms with Gasteiger partial charge in [-0.3, -0.25) is 0 Å². The zero-order chi connectivity index (χ0) is 18.9. The number of benzene rings is 2. The zero-order valence-electron chi connectivity index (χ0n) is 15.8. The number of hydrogen-bond donors (Lipinski definition) is 2. The summed E-state index contributed by atoms with van der Waals surface area (Å²) in [4.78, 5) is 4.66. The molecule has 0 spiro atoms. The van der Waals surface area contributed by atoms with E-state index < -0.39 is 0 Å². The SMILES string of the molecule is CCNC(=NCc1cccc(-n2cccn2)c1)NCCc1ccc(F)cc1.I. The van der Waals surface area contributed by atoms with E-state index in [9.17, 15) is 4.39 Å². The summed E-state index contributed by atoms with van der Waals surface area (Å²) >= 11 is 0. The lowest BCUT2D eigenvalue weighted by Gasteiger charge is -2.11. The summed E-state index contributed by atoms with van der Waals surface area (Å²) in [7, 11) is 0. The number of nitrogens with zero attached hydrogens (tertiary/aromatic N) is 3. The Morgan fingerprint density at radius 2 is 1.89 bits per heavy atom. The number of aromatic nitrogens is 2. The third-order valence-corrected chi connectivity index (χ3v) is 4.06. The van der Waals surface area contributed by atoms with Crippen LogP contribution in [0.4, 0.5) is 4.39 Å². The number of guanidine groups is 1. The average molecular weight is 493 g/mol. The Morgan fingerprint density at radius 1 is 1.07 bits per heavy atom. The summed E-state index contributed by atoms with van der Waals surface area (Å²) in [5.41, 5.74) is 3.22. The van der Waals surface area contributed by atoms with E-state index in [4.69, 9.17) is 0 Å². The van der Waals surface area contributed by atoms with Crippen molar-refractivity contribution < 1.29 is 4.39 Å². The number of hydrogen-bond acceptors (Lipinski definition) is 2. The second kappa shape index (κ2) is 11.4. The molecule has 2 aromatic carbocycles. The van der Waals surface area contributed by atoms with Crippen LogP contribution in [0.3, 0.4) is 0 Å². The van der Waals surface area contributed by atoms with Gasteiger partial charge in [-0.15, -0.1) is 24.0 Å². The largest absolute Gasteiger partial charge is 0.357 e. The van der Waals surface area contributed by atoms with Crippen molar-refractivity contribution in [3.63, 3.8) is 0 Å². The van der Waals surface area contributed by atoms with Crippen LogP contribution < -0.4 is 10.6 Å². The van der Waals surface area contributed by atoms with Gasteiger partial charge in [0.2, 0.25) is 0 Å². The molecule has 2 N–H and O–H groups in total. The van der Waals surface area contributed by atoms with Gasteiger partial charge in [0.1, 0.15) is 5.82 Å². The lowest BCUT2D eigenvalue weighted by atomic mass is 10.1. The van der Waals surface area contributed by atoms with Crippen LogP contribution in [0.2, 0.25) is 0 Å². The van der Waals surface area contributed by atoms with Crippen LogP contribution >= 0.6 is 24.0 Å². The van der Waals surface area contributed by atoms with Crippen molar-refractivity contribution in [3.8, 4) is 5.69 Å². The second-order valence-electron chi connectivity index (χ2n) is 6.12. The number of rotatable bonds is 7. The van der Waals surface area contributed by atoms with E-state index in [1.165, 1.54) is 12.1 Å². The fourth-order valence-electron chi connectivity index (χ4n) is 2.71. The molecule has 0 aliphatic heterocycles. The highest BCUT2D eigenvalue weighted by atomic mass is 127. The van der Waals surface area contributed by atoms with Gasteiger partial charge in [-0.25, -0.2) is 14.1 Å². The quantitative estimate of drug-likeness (QED) is 0.298. The Kier molecular flexibility index (Phi) is 8.93. The van der Waals surface area contributed by atoms with Crippen LogP contribution in [-0.4, -0.2) is 28.8 Å². The number of halogens is 2. The van der Waals surface area contributed by atoms with Gasteiger partial charge in [0.15, 0.2) is 5.96 Å². The van der Waals surface area contributed by atoms with E-state index in [0.717, 1.165) is 42.3 Å². The van der Waals surface area contributed by atoms with E-state index in [2.05, 4.69) is 32.9 Å². The number of aliphatic imine (C=N–C) groups is 1. The molecule has 28 heavy (non-hydrogen) atoms. The first-order valence-electron chi connectivity index (χ1n) is 9.10. The molecule has 0 atom stereocenters. The molecule has 7 heteroatoms. The van der Waals surface area contributed by atoms with E-state index in [0.29, 0.717) is 6.54 Å². The Bertz CT molecular complexity index is 863. The Morgan fingerprint density at radius 3 is 2.61 bits per heavy atom. The van der Waals surface area contributed by atoms with Gasteiger partial charge in [0.05, 0.1) is 12.2 Å². The van der Waals surface area contributed by atoms with Gasteiger partial charge in [0.25, 0.3) is 0 Å². The normalized spacial score (nSPS) is 11.0. The summed E-state index contributed by atoms with van der Waals surface area (Å²) in [5.74, 6) is 0.558. The molecule has 5 nitrogen and oxygen atoms in total. The van der Waals surface area contributed by atoms with E-state index in [1.54, 1.807) is 6.20 Å². The Hall–Kier alpha value is -2.42. The molecular formula is C21H25FIN5. The van der Waals surface area contributed by atoms with Crippen LogP contribution in [0.15, 0.2) is 72.0 Å². The smallest absolute Gasteiger partial charge is 0.191 e. The van der Waals surface area contributed by atoms with Gasteiger partial charge in [-0.1, -0.05) is 24.3 Å². The minimum absolute atomic E-state index is 0. The third-order valence-electron chi connectivity index (χ3n) is 4.06. The molecule has 0 saturated heterocycles. The first kappa shape index (κ1) is 21.9. The van der Waals surface area contributed by atoms with Crippen molar-refractivity contribution in [2.75, 3.05) is 13.1 Å². The number of nitrogens with one attached hydrogen (secondary N) is 2. The predicted octanol–water partition coefficient (Wildman–Crippen LogP) is 3.93. The zero-order valence-corrected chi connectivity index (χ0v) is 18.1. The maximum Gasteiger partial charge on any atom is 0.191 e. The summed E-state index contributed by atoms with van der Waals surface area (Å²) < 4.78 is 14.8. The highest BCUT2D eigenvalue weighted by Crippen LogP contribution is 2.10. The maximum absolute atomic E-state index is 13.0. The first-order chi connectivity index (χ1) is 13.2. The topological polar surface area (TPSA) is 54.2 Å². The molecule has 1 aromatic heterocycles. The van der Waals surface area contributed by atoms with Crippen molar-refractivity contribution in [1.82, 2.24) is 20.4 Å². The van der Waals surface area contributed by atoms with E-state index in [-0.39, 0.29) is 29.8 Å². The first-order valence-corrected chi connectivity index (χ1v) is 9.10. The second-order valence-corrected chi connectivity index (χ2v) is 6.12. The van der Waals surface area contributed by atoms with Crippen LogP contribution in [0.25, 0.3) is 5.69 Å². The molecule has 0 unspecified atom stereocenters. The van der Waals surface area contributed by atoms with Crippen molar-refractivity contribution in [3.05, 3.63) is 83.9 Å². The Labute approximate surface area is 182 Å². The molecule has 0 aliphatic carbocycles. The minimum atomic E-state index is -0.209. The monoisotopic (exact) mass is 493 g/mol. The standard InChI is InChI=1S/C21H24FN5.HI/c1-2-23-21(24-13-11-17-7-9-19(22)10-8-17)25-16-18-5-3-6-20(15-18)27-14-4-12-26-27;/h3-10,12,14-15H,2,11,13,16H2,1H3,(H2,23,24,25);1H. The Balaban J connectivity index is 0.00000280. The van der Waals surface area contributed by atoms with Gasteiger partial charge in [-0.05, 0) is 54.8 Å². The summed E-state index contributed by atoms with van der Waals surface area (Å²) in [6.07, 6.45) is 4.49. The molecule has 3 aromatic rings. The molecule has 148 valence electrons. The van der Waals surface area contributed by atoms with Crippen LogP contribution in [0, 0.1) is 5.82 Å². The molecule has 0 bridgehead atoms. The molecule has 0 aliphatic rings. The molecule has 1 heterocycles. The molecule has 0 radical (unpaired) electrons. The molecule has 0 saturated carbocycles. The van der Waals surface area contributed by atoms with Crippen molar-refractivity contribution in [2.45, 2.75) is 19.9 Å². The van der Waals surface area contributed by atoms with Gasteiger partial charge >= 0.3 is 0 Å². The van der Waals surface area contributed by atoms with E-state index in [1.807, 2.05) is 48.1 Å². The maximum atomic E-state index is 13.0. The highest BCUT2D eigenvalue weighted by Gasteiger charge is 2.01. The van der Waals surface area contributed by atoms with Crippen molar-refractivity contribution >= 4 is 29.9 Å². The van der Waals surface area contributed by atoms with Crippen LogP contribution in [0.1, 0.15) is 18.1 Å². The van der Waals surface area contributed by atoms with Crippen LogP contribution in [-0.2, 0) is 13.0 Å². The molecule has 0 amide bonds. The summed E-state index contributed by atoms with van der Waals surface area (Å²) in [6.45, 7) is 4.12. The summed E-state index contributed by atoms with van der Waals surface area (Å²) in [6, 6.07) is 16.7. The van der Waals surface area contributed by atoms with E-state index >= 15 is 0 Å². The third kappa shape index (κ3) is 6.63. The van der Waals surface area contributed by atoms with Crippen LogP contribution in [0.5, 0.6) is 0 Å². The fourth-order valence-corrected chi connectivity index (χ4v) is 2.71. The van der Waals surface area contributed by atoms with Gasteiger partial charge in [0, 0.05) is 25.5 Å². The lowest BCUT2D eigenvalue weighted by molar-refractivity contribution is 0.626. The lowest BCUT2D eigenvalue weighted by Crippen LogP contribution is -2.38. The highest BCUT2D eigenvalue weighted by molar-refractivity contribution is 14.0. The molecule has 3 rings (SSSR count). The summed E-state index contributed by atoms with van der Waals surface area (Å²) in [5, 5.41) is 10.8. The van der Waals surface area contributed by atoms with Crippen molar-refractivity contribution in [1.29, 1.82) is 0 Å². The predicted molar refractivity (Wildman–Crippen MR) is 122 cm³/mol. The van der Waals surface area contributed by atoms with Crippen molar-refractivity contribution in [2.24, 2.45) is 4.99 Å². The molecule has 0 fully saturated rings. The average Bonchev–Trinajstić information content (AvgIpc) is 3.23. The minimum Gasteiger partial charge on any atom is -0.357 e. The van der Waals surface area contributed by atoms with Gasteiger partial charge < -0.3 is 10.6 Å².